The van der Waals surface area contributed by atoms with E-state index < -0.39 is 0 Å². The first-order valence-corrected chi connectivity index (χ1v) is 8.73. The van der Waals surface area contributed by atoms with Crippen LogP contribution in [-0.4, -0.2) is 11.2 Å². The van der Waals surface area contributed by atoms with E-state index in [1.807, 2.05) is 66.9 Å². The molecule has 0 fully saturated rings. The van der Waals surface area contributed by atoms with Gasteiger partial charge >= 0.3 is 0 Å². The highest BCUT2D eigenvalue weighted by Crippen LogP contribution is 2.31. The summed E-state index contributed by atoms with van der Waals surface area (Å²) in [6.45, 7) is 0. The number of thiol groups is 1. The lowest BCUT2D eigenvalue weighted by Gasteiger charge is -2.02. The van der Waals surface area contributed by atoms with Gasteiger partial charge in [-0.1, -0.05) is 54.1 Å². The van der Waals surface area contributed by atoms with E-state index in [-0.39, 0.29) is 0 Å². The van der Waals surface area contributed by atoms with Crippen molar-refractivity contribution >= 4 is 47.0 Å². The minimum Gasteiger partial charge on any atom is -0.354 e. The Hall–Kier alpha value is -2.49. The molecule has 4 heteroatoms. The Balaban J connectivity index is 1.91. The Kier molecular flexibility index (Phi) is 4.35. The summed E-state index contributed by atoms with van der Waals surface area (Å²) in [5.41, 5.74) is 5.01. The van der Waals surface area contributed by atoms with Gasteiger partial charge in [0, 0.05) is 32.6 Å². The molecule has 0 unspecified atom stereocenters. The van der Waals surface area contributed by atoms with Crippen molar-refractivity contribution < 1.29 is 0 Å². The number of fused-ring (bicyclic) bond motifs is 1. The first kappa shape index (κ1) is 16.0. The van der Waals surface area contributed by atoms with Gasteiger partial charge in [0.2, 0.25) is 0 Å². The molecule has 0 aliphatic heterocycles. The highest BCUT2D eigenvalue weighted by Gasteiger charge is 2.12. The summed E-state index contributed by atoms with van der Waals surface area (Å²) in [6, 6.07) is 23.8. The maximum atomic E-state index is 6.22. The number of hydrogen-bond acceptors (Lipinski definition) is 2. The Bertz CT molecular complexity index is 1070. The van der Waals surface area contributed by atoms with Gasteiger partial charge < -0.3 is 4.98 Å². The fourth-order valence-electron chi connectivity index (χ4n) is 2.86. The molecule has 4 rings (SSSR count). The molecule has 0 aliphatic rings. The number of H-pyrrole nitrogens is 1. The lowest BCUT2D eigenvalue weighted by Crippen LogP contribution is -1.85. The maximum absolute atomic E-state index is 6.22. The molecule has 1 aromatic heterocycles. The second kappa shape index (κ2) is 6.79. The molecule has 0 saturated heterocycles. The van der Waals surface area contributed by atoms with E-state index in [0.717, 1.165) is 38.3 Å². The van der Waals surface area contributed by atoms with Crippen molar-refractivity contribution in [2.75, 3.05) is 0 Å². The number of aromatic amines is 1. The quantitative estimate of drug-likeness (QED) is 0.306. The van der Waals surface area contributed by atoms with E-state index in [0.29, 0.717) is 5.02 Å². The molecular weight excluding hydrogens is 348 g/mol. The number of nitrogens with zero attached hydrogens (tertiary/aromatic N) is 1. The third-order valence-electron chi connectivity index (χ3n) is 4.08. The molecule has 4 aromatic rings. The van der Waals surface area contributed by atoms with E-state index in [9.17, 15) is 0 Å². The van der Waals surface area contributed by atoms with Crippen LogP contribution in [0.1, 0.15) is 5.56 Å². The topological polar surface area (TPSA) is 28.1 Å². The minimum absolute atomic E-state index is 0.704. The summed E-state index contributed by atoms with van der Waals surface area (Å²) < 4.78 is 0. The van der Waals surface area contributed by atoms with E-state index in [1.54, 1.807) is 0 Å². The van der Waals surface area contributed by atoms with Gasteiger partial charge in [0.1, 0.15) is 0 Å². The molecule has 0 atom stereocenters. The predicted octanol–water partition coefficient (Wildman–Crippen LogP) is 6.53. The molecule has 2 nitrogen and oxygen atoms in total. The first-order valence-electron chi connectivity index (χ1n) is 7.91. The predicted molar refractivity (Wildman–Crippen MR) is 110 cm³/mol. The monoisotopic (exact) mass is 362 g/mol. The molecule has 0 amide bonds. The Morgan fingerprint density at radius 1 is 0.920 bits per heavy atom. The number of para-hydroxylation sites is 1. The second-order valence-corrected chi connectivity index (χ2v) is 6.63. The number of aliphatic imine (C=N–C) groups is 1. The van der Waals surface area contributed by atoms with Crippen LogP contribution >= 0.6 is 24.2 Å². The molecule has 122 valence electrons. The lowest BCUT2D eigenvalue weighted by atomic mass is 10.1. The van der Waals surface area contributed by atoms with Crippen molar-refractivity contribution in [3.63, 3.8) is 0 Å². The molecule has 1 heterocycles. The lowest BCUT2D eigenvalue weighted by molar-refractivity contribution is 1.39. The Labute approximate surface area is 156 Å². The van der Waals surface area contributed by atoms with Crippen molar-refractivity contribution in [2.45, 2.75) is 4.90 Å². The normalized spacial score (nSPS) is 11.4. The summed E-state index contributed by atoms with van der Waals surface area (Å²) in [5.74, 6) is 0. The first-order chi connectivity index (χ1) is 12.2. The summed E-state index contributed by atoms with van der Waals surface area (Å²) in [7, 11) is 0. The fraction of sp³-hybridized carbons (Fsp3) is 0. The highest BCUT2D eigenvalue weighted by atomic mass is 35.5. The van der Waals surface area contributed by atoms with E-state index in [1.165, 1.54) is 0 Å². The van der Waals surface area contributed by atoms with Crippen LogP contribution in [0, 0.1) is 0 Å². The Morgan fingerprint density at radius 3 is 2.48 bits per heavy atom. The zero-order chi connectivity index (χ0) is 17.2. The highest BCUT2D eigenvalue weighted by molar-refractivity contribution is 7.80. The van der Waals surface area contributed by atoms with Crippen molar-refractivity contribution in [1.82, 2.24) is 4.98 Å². The third kappa shape index (κ3) is 3.21. The van der Waals surface area contributed by atoms with Crippen LogP contribution in [0.5, 0.6) is 0 Å². The van der Waals surface area contributed by atoms with Crippen LogP contribution < -0.4 is 0 Å². The van der Waals surface area contributed by atoms with Gasteiger partial charge in [-0.15, -0.1) is 12.6 Å². The average molecular weight is 363 g/mol. The average Bonchev–Trinajstić information content (AvgIpc) is 2.99. The van der Waals surface area contributed by atoms with E-state index >= 15 is 0 Å². The summed E-state index contributed by atoms with van der Waals surface area (Å²) in [6.07, 6.45) is 1.88. The van der Waals surface area contributed by atoms with Gasteiger partial charge in [-0.05, 0) is 35.9 Å². The smallest absolute Gasteiger partial charge is 0.0763 e. The van der Waals surface area contributed by atoms with Crippen LogP contribution in [0.3, 0.4) is 0 Å². The molecule has 0 saturated carbocycles. The van der Waals surface area contributed by atoms with Crippen molar-refractivity contribution in [3.8, 4) is 11.3 Å². The van der Waals surface area contributed by atoms with Crippen molar-refractivity contribution in [2.24, 2.45) is 4.99 Å². The summed E-state index contributed by atoms with van der Waals surface area (Å²) in [5, 5.41) is 1.75. The molecular formula is C21H15ClN2S. The summed E-state index contributed by atoms with van der Waals surface area (Å²) in [4.78, 5) is 8.98. The number of halogens is 1. The summed E-state index contributed by atoms with van der Waals surface area (Å²) >= 11 is 10.7. The zero-order valence-electron chi connectivity index (χ0n) is 13.3. The minimum atomic E-state index is 0.704. The van der Waals surface area contributed by atoms with Gasteiger partial charge in [0.25, 0.3) is 0 Å². The van der Waals surface area contributed by atoms with Crippen LogP contribution in [-0.2, 0) is 0 Å². The molecule has 0 bridgehead atoms. The third-order valence-corrected chi connectivity index (χ3v) is 4.69. The second-order valence-electron chi connectivity index (χ2n) is 5.72. The number of nitrogens with one attached hydrogen (secondary N) is 1. The molecule has 3 aromatic carbocycles. The zero-order valence-corrected chi connectivity index (χ0v) is 14.9. The van der Waals surface area contributed by atoms with Crippen LogP contribution in [0.15, 0.2) is 82.7 Å². The van der Waals surface area contributed by atoms with Crippen LogP contribution in [0.2, 0.25) is 5.02 Å². The van der Waals surface area contributed by atoms with Gasteiger partial charge in [-0.3, -0.25) is 4.99 Å². The van der Waals surface area contributed by atoms with Crippen LogP contribution in [0.25, 0.3) is 22.2 Å². The van der Waals surface area contributed by atoms with Gasteiger partial charge in [0.15, 0.2) is 0 Å². The van der Waals surface area contributed by atoms with Gasteiger partial charge in [-0.2, -0.15) is 0 Å². The number of aromatic nitrogens is 1. The molecule has 0 radical (unpaired) electrons. The molecule has 25 heavy (non-hydrogen) atoms. The maximum Gasteiger partial charge on any atom is 0.0763 e. The van der Waals surface area contributed by atoms with Gasteiger partial charge in [0.05, 0.1) is 11.4 Å². The number of rotatable bonds is 3. The van der Waals surface area contributed by atoms with Crippen molar-refractivity contribution in [3.05, 3.63) is 83.4 Å². The van der Waals surface area contributed by atoms with E-state index in [4.69, 9.17) is 11.6 Å². The van der Waals surface area contributed by atoms with Crippen molar-refractivity contribution in [1.29, 1.82) is 0 Å². The molecule has 0 spiro atoms. The molecule has 0 aliphatic carbocycles. The Morgan fingerprint density at radius 2 is 1.68 bits per heavy atom. The van der Waals surface area contributed by atoms with Crippen LogP contribution in [0.4, 0.5) is 5.69 Å². The van der Waals surface area contributed by atoms with E-state index in [2.05, 4.69) is 34.7 Å². The molecule has 1 N–H and O–H groups in total. The largest absolute Gasteiger partial charge is 0.354 e. The van der Waals surface area contributed by atoms with Gasteiger partial charge in [-0.25, -0.2) is 0 Å². The number of hydrogen-bond donors (Lipinski definition) is 2. The standard InChI is InChI=1S/C21H15ClN2S/c22-15-10-11-18-16(12-15)17(13-23-19-8-4-5-9-20(19)25)21(24-18)14-6-2-1-3-7-14/h1-13,24-25H. The number of benzene rings is 3. The SMILES string of the molecule is Sc1ccccc1N=Cc1c(-c2ccccc2)[nH]c2ccc(Cl)cc12. The fourth-order valence-corrected chi connectivity index (χ4v) is 3.25.